The van der Waals surface area contributed by atoms with Crippen LogP contribution >= 0.6 is 0 Å². The molecule has 0 amide bonds. The maximum absolute atomic E-state index is 12.0. The second-order valence-corrected chi connectivity index (χ2v) is 5.18. The molecule has 0 bridgehead atoms. The summed E-state index contributed by atoms with van der Waals surface area (Å²) >= 11 is 0. The number of carbonyl (C=O) groups is 1. The Morgan fingerprint density at radius 1 is 1.43 bits per heavy atom. The molecule has 0 saturated carbocycles. The van der Waals surface area contributed by atoms with Crippen LogP contribution in [0.1, 0.15) is 20.3 Å². The van der Waals surface area contributed by atoms with Crippen LogP contribution in [0.2, 0.25) is 0 Å². The fraction of sp³-hybridized carbons (Fsp3) is 0.562. The Bertz CT molecular complexity index is 465. The minimum absolute atomic E-state index is 0.216. The van der Waals surface area contributed by atoms with Crippen molar-refractivity contribution in [3.05, 3.63) is 24.3 Å². The maximum Gasteiger partial charge on any atom is 0.326 e. The van der Waals surface area contributed by atoms with E-state index in [-0.39, 0.29) is 5.97 Å². The first-order chi connectivity index (χ1) is 9.96. The summed E-state index contributed by atoms with van der Waals surface area (Å²) in [5.74, 6) is 0.604. The molecule has 1 aromatic rings. The van der Waals surface area contributed by atoms with Crippen molar-refractivity contribution in [3.8, 4) is 5.75 Å². The lowest BCUT2D eigenvalue weighted by atomic mass is 9.98. The van der Waals surface area contributed by atoms with Crippen LogP contribution in [0.3, 0.4) is 0 Å². The molecule has 118 valence electrons. The molecule has 5 nitrogen and oxygen atoms in total. The average Bonchev–Trinajstić information content (AvgIpc) is 2.52. The van der Waals surface area contributed by atoms with Crippen molar-refractivity contribution in [2.75, 3.05) is 39.3 Å². The number of methoxy groups -OCH3 is 1. The fourth-order valence-electron chi connectivity index (χ4n) is 1.99. The third kappa shape index (κ3) is 4.63. The first-order valence-electron chi connectivity index (χ1n) is 7.18. The van der Waals surface area contributed by atoms with Crippen LogP contribution < -0.4 is 15.0 Å². The number of nitrogens with one attached hydrogen (secondary N) is 1. The molecule has 0 radical (unpaired) electrons. The van der Waals surface area contributed by atoms with Gasteiger partial charge >= 0.3 is 5.97 Å². The van der Waals surface area contributed by atoms with E-state index in [0.717, 1.165) is 18.0 Å². The van der Waals surface area contributed by atoms with Gasteiger partial charge in [0, 0.05) is 25.3 Å². The molecular weight excluding hydrogens is 268 g/mol. The Hall–Kier alpha value is -1.75. The number of benzene rings is 1. The van der Waals surface area contributed by atoms with Crippen LogP contribution in [0.5, 0.6) is 5.75 Å². The van der Waals surface area contributed by atoms with E-state index in [2.05, 4.69) is 10.2 Å². The van der Waals surface area contributed by atoms with Gasteiger partial charge in [0.2, 0.25) is 0 Å². The number of nitrogens with zero attached hydrogens (tertiary/aromatic N) is 1. The number of hydrogen-bond acceptors (Lipinski definition) is 5. The SMILES string of the molecule is CCOC(=O)C(C)(CCN(C)c1cccc(OC)c1)NC. The van der Waals surface area contributed by atoms with Gasteiger partial charge in [-0.2, -0.15) is 0 Å². The van der Waals surface area contributed by atoms with Crippen LogP contribution in [0.4, 0.5) is 5.69 Å². The van der Waals surface area contributed by atoms with Crippen molar-refractivity contribution in [2.24, 2.45) is 0 Å². The van der Waals surface area contributed by atoms with Gasteiger partial charge in [0.05, 0.1) is 13.7 Å². The summed E-state index contributed by atoms with van der Waals surface area (Å²) < 4.78 is 10.4. The molecule has 0 saturated heterocycles. The predicted octanol–water partition coefficient (Wildman–Crippen LogP) is 2.06. The van der Waals surface area contributed by atoms with Crippen LogP contribution in [0.25, 0.3) is 0 Å². The van der Waals surface area contributed by atoms with Crippen LogP contribution in [-0.4, -0.2) is 45.9 Å². The Morgan fingerprint density at radius 3 is 2.71 bits per heavy atom. The van der Waals surface area contributed by atoms with Crippen molar-refractivity contribution < 1.29 is 14.3 Å². The summed E-state index contributed by atoms with van der Waals surface area (Å²) in [7, 11) is 5.43. The number of anilines is 1. The lowest BCUT2D eigenvalue weighted by Crippen LogP contribution is -2.50. The zero-order chi connectivity index (χ0) is 15.9. The van der Waals surface area contributed by atoms with Crippen LogP contribution in [-0.2, 0) is 9.53 Å². The molecule has 1 atom stereocenters. The van der Waals surface area contributed by atoms with E-state index in [1.54, 1.807) is 14.2 Å². The lowest BCUT2D eigenvalue weighted by molar-refractivity contribution is -0.150. The second kappa shape index (κ2) is 7.88. The molecule has 0 aliphatic carbocycles. The number of esters is 1. The molecule has 0 spiro atoms. The first-order valence-corrected chi connectivity index (χ1v) is 7.18. The number of ether oxygens (including phenoxy) is 2. The van der Waals surface area contributed by atoms with E-state index in [0.29, 0.717) is 13.0 Å². The summed E-state index contributed by atoms with van der Waals surface area (Å²) in [5.41, 5.74) is 0.375. The predicted molar refractivity (Wildman–Crippen MR) is 85.0 cm³/mol. The van der Waals surface area contributed by atoms with Crippen molar-refractivity contribution in [3.63, 3.8) is 0 Å². The highest BCUT2D eigenvalue weighted by Crippen LogP contribution is 2.21. The largest absolute Gasteiger partial charge is 0.497 e. The van der Waals surface area contributed by atoms with Gasteiger partial charge in [0.15, 0.2) is 0 Å². The van der Waals surface area contributed by atoms with Gasteiger partial charge in [0.25, 0.3) is 0 Å². The summed E-state index contributed by atoms with van der Waals surface area (Å²) in [6.45, 7) is 4.80. The zero-order valence-corrected chi connectivity index (χ0v) is 13.6. The van der Waals surface area contributed by atoms with Gasteiger partial charge in [-0.25, -0.2) is 0 Å². The molecule has 1 unspecified atom stereocenters. The number of rotatable bonds is 8. The molecule has 1 N–H and O–H groups in total. The van der Waals surface area contributed by atoms with Gasteiger partial charge in [0.1, 0.15) is 11.3 Å². The molecule has 0 aromatic heterocycles. The van der Waals surface area contributed by atoms with Crippen molar-refractivity contribution in [1.82, 2.24) is 5.32 Å². The monoisotopic (exact) mass is 294 g/mol. The molecule has 0 aliphatic heterocycles. The molecule has 0 aliphatic rings. The Balaban J connectivity index is 2.69. The van der Waals surface area contributed by atoms with Gasteiger partial charge < -0.3 is 19.7 Å². The Kier molecular flexibility index (Phi) is 6.49. The van der Waals surface area contributed by atoms with Crippen LogP contribution in [0.15, 0.2) is 24.3 Å². The highest BCUT2D eigenvalue weighted by molar-refractivity contribution is 5.80. The van der Waals surface area contributed by atoms with Crippen molar-refractivity contribution in [2.45, 2.75) is 25.8 Å². The minimum Gasteiger partial charge on any atom is -0.497 e. The van der Waals surface area contributed by atoms with E-state index in [4.69, 9.17) is 9.47 Å². The number of hydrogen-bond donors (Lipinski definition) is 1. The van der Waals surface area contributed by atoms with Crippen molar-refractivity contribution in [1.29, 1.82) is 0 Å². The van der Waals surface area contributed by atoms with Gasteiger partial charge in [-0.1, -0.05) is 6.07 Å². The summed E-state index contributed by atoms with van der Waals surface area (Å²) in [4.78, 5) is 14.1. The second-order valence-electron chi connectivity index (χ2n) is 5.18. The van der Waals surface area contributed by atoms with E-state index >= 15 is 0 Å². The Morgan fingerprint density at radius 2 is 2.14 bits per heavy atom. The normalized spacial score (nSPS) is 13.4. The van der Waals surface area contributed by atoms with E-state index < -0.39 is 5.54 Å². The number of likely N-dealkylation sites (N-methyl/N-ethyl adjacent to an activating group) is 1. The summed E-state index contributed by atoms with van der Waals surface area (Å²) in [6, 6.07) is 7.85. The lowest BCUT2D eigenvalue weighted by Gasteiger charge is -2.29. The first kappa shape index (κ1) is 17.3. The minimum atomic E-state index is -0.677. The highest BCUT2D eigenvalue weighted by Gasteiger charge is 2.32. The molecule has 5 heteroatoms. The molecule has 21 heavy (non-hydrogen) atoms. The maximum atomic E-state index is 12.0. The van der Waals surface area contributed by atoms with E-state index in [1.807, 2.05) is 45.2 Å². The van der Waals surface area contributed by atoms with Gasteiger partial charge in [-0.15, -0.1) is 0 Å². The van der Waals surface area contributed by atoms with Crippen LogP contribution in [0, 0.1) is 0 Å². The third-order valence-electron chi connectivity index (χ3n) is 3.72. The molecule has 1 rings (SSSR count). The van der Waals surface area contributed by atoms with Gasteiger partial charge in [-0.3, -0.25) is 4.79 Å². The van der Waals surface area contributed by atoms with E-state index in [1.165, 1.54) is 0 Å². The fourth-order valence-corrected chi connectivity index (χ4v) is 1.99. The van der Waals surface area contributed by atoms with Gasteiger partial charge in [-0.05, 0) is 39.4 Å². The summed E-state index contributed by atoms with van der Waals surface area (Å²) in [6.07, 6.45) is 0.649. The zero-order valence-electron chi connectivity index (χ0n) is 13.6. The third-order valence-corrected chi connectivity index (χ3v) is 3.72. The molecule has 0 fully saturated rings. The topological polar surface area (TPSA) is 50.8 Å². The Labute approximate surface area is 127 Å². The molecular formula is C16H26N2O3. The summed E-state index contributed by atoms with van der Waals surface area (Å²) in [5, 5.41) is 3.07. The molecule has 1 aromatic carbocycles. The van der Waals surface area contributed by atoms with E-state index in [9.17, 15) is 4.79 Å². The smallest absolute Gasteiger partial charge is 0.326 e. The standard InChI is InChI=1S/C16H26N2O3/c1-6-21-15(19)16(2,17-3)10-11-18(4)13-8-7-9-14(12-13)20-5/h7-9,12,17H,6,10-11H2,1-5H3. The average molecular weight is 294 g/mol. The molecule has 0 heterocycles. The highest BCUT2D eigenvalue weighted by atomic mass is 16.5. The number of carbonyl (C=O) groups excluding carboxylic acids is 1. The van der Waals surface area contributed by atoms with Crippen molar-refractivity contribution >= 4 is 11.7 Å². The quantitative estimate of drug-likeness (QED) is 0.744.